The highest BCUT2D eigenvalue weighted by Crippen LogP contribution is 2.33. The van der Waals surface area contributed by atoms with Gasteiger partial charge in [0.1, 0.15) is 0 Å². The minimum atomic E-state index is -3.56. The number of benzene rings is 2. The zero-order valence-electron chi connectivity index (χ0n) is 19.3. The highest BCUT2D eigenvalue weighted by Gasteiger charge is 2.26. The van der Waals surface area contributed by atoms with E-state index in [0.29, 0.717) is 43.2 Å². The van der Waals surface area contributed by atoms with Gasteiger partial charge in [0.2, 0.25) is 10.0 Å². The predicted molar refractivity (Wildman–Crippen MR) is 124 cm³/mol. The summed E-state index contributed by atoms with van der Waals surface area (Å²) in [6.45, 7) is 5.94. The van der Waals surface area contributed by atoms with Gasteiger partial charge in [0, 0.05) is 31.7 Å². The van der Waals surface area contributed by atoms with E-state index in [1.807, 2.05) is 26.0 Å². The van der Waals surface area contributed by atoms with Crippen molar-refractivity contribution >= 4 is 15.9 Å². The Morgan fingerprint density at radius 2 is 1.53 bits per heavy atom. The average molecular weight is 461 g/mol. The van der Waals surface area contributed by atoms with Crippen LogP contribution in [-0.4, -0.2) is 57.4 Å². The molecule has 7 nitrogen and oxygen atoms in total. The Labute approximate surface area is 191 Å². The summed E-state index contributed by atoms with van der Waals surface area (Å²) in [5.41, 5.74) is 2.64. The van der Waals surface area contributed by atoms with Gasteiger partial charge in [0.05, 0.1) is 19.1 Å². The Balaban J connectivity index is 1.78. The Morgan fingerprint density at radius 1 is 0.969 bits per heavy atom. The topological polar surface area (TPSA) is 76.2 Å². The number of methoxy groups -OCH3 is 2. The van der Waals surface area contributed by atoms with E-state index in [2.05, 4.69) is 0 Å². The van der Waals surface area contributed by atoms with Gasteiger partial charge in [-0.1, -0.05) is 13.8 Å². The van der Waals surface area contributed by atoms with Crippen molar-refractivity contribution in [1.82, 2.24) is 9.21 Å². The van der Waals surface area contributed by atoms with E-state index in [9.17, 15) is 13.2 Å². The zero-order valence-corrected chi connectivity index (χ0v) is 20.1. The molecule has 0 saturated heterocycles. The fourth-order valence-corrected chi connectivity index (χ4v) is 5.63. The van der Waals surface area contributed by atoms with Crippen LogP contribution in [0, 0.1) is 0 Å². The molecule has 1 aliphatic heterocycles. The number of amides is 1. The monoisotopic (exact) mass is 460 g/mol. The zero-order chi connectivity index (χ0) is 23.3. The lowest BCUT2D eigenvalue weighted by molar-refractivity contribution is 0.0734. The quantitative estimate of drug-likeness (QED) is 0.570. The van der Waals surface area contributed by atoms with Gasteiger partial charge in [-0.2, -0.15) is 4.31 Å². The van der Waals surface area contributed by atoms with Crippen LogP contribution in [0.25, 0.3) is 0 Å². The number of rotatable bonds is 9. The summed E-state index contributed by atoms with van der Waals surface area (Å²) < 4.78 is 38.2. The summed E-state index contributed by atoms with van der Waals surface area (Å²) in [5.74, 6) is 1.20. The summed E-state index contributed by atoms with van der Waals surface area (Å²) in [5, 5.41) is 0. The van der Waals surface area contributed by atoms with Crippen LogP contribution in [0.5, 0.6) is 11.5 Å². The lowest BCUT2D eigenvalue weighted by Gasteiger charge is -2.30. The molecule has 1 aliphatic rings. The lowest BCUT2D eigenvalue weighted by atomic mass is 9.98. The van der Waals surface area contributed by atoms with Crippen LogP contribution in [-0.2, 0) is 23.0 Å². The van der Waals surface area contributed by atoms with Crippen LogP contribution in [0.15, 0.2) is 41.3 Å². The number of fused-ring (bicyclic) bond motifs is 1. The molecule has 8 heteroatoms. The van der Waals surface area contributed by atoms with Crippen LogP contribution in [0.1, 0.15) is 48.2 Å². The number of hydrogen-bond acceptors (Lipinski definition) is 5. The molecule has 1 amide bonds. The van der Waals surface area contributed by atoms with Crippen LogP contribution in [0.2, 0.25) is 0 Å². The minimum Gasteiger partial charge on any atom is -0.493 e. The first kappa shape index (κ1) is 24.1. The van der Waals surface area contributed by atoms with Crippen molar-refractivity contribution in [3.8, 4) is 11.5 Å². The largest absolute Gasteiger partial charge is 0.493 e. The van der Waals surface area contributed by atoms with Gasteiger partial charge >= 0.3 is 0 Å². The SMILES string of the molecule is CCCN(CCC)S(=O)(=O)c1ccc(C(=O)N2CCc3cc(OC)c(OC)cc3C2)cc1. The standard InChI is InChI=1S/C24H32N2O5S/c1-5-12-26(13-6-2)32(28,29)21-9-7-18(8-10-21)24(27)25-14-11-19-15-22(30-3)23(31-4)16-20(19)17-25/h7-10,15-16H,5-6,11-14,17H2,1-4H3. The fourth-order valence-electron chi connectivity index (χ4n) is 4.01. The molecule has 0 saturated carbocycles. The molecule has 0 spiro atoms. The van der Waals surface area contributed by atoms with E-state index in [1.54, 1.807) is 31.3 Å². The Morgan fingerprint density at radius 3 is 2.06 bits per heavy atom. The molecule has 3 rings (SSSR count). The molecule has 0 atom stereocenters. The number of carbonyl (C=O) groups is 1. The van der Waals surface area contributed by atoms with E-state index in [-0.39, 0.29) is 10.8 Å². The summed E-state index contributed by atoms with van der Waals surface area (Å²) >= 11 is 0. The van der Waals surface area contributed by atoms with Gasteiger partial charge in [-0.15, -0.1) is 0 Å². The maximum Gasteiger partial charge on any atom is 0.254 e. The summed E-state index contributed by atoms with van der Waals surface area (Å²) in [4.78, 5) is 15.1. The van der Waals surface area contributed by atoms with Gasteiger partial charge in [0.15, 0.2) is 11.5 Å². The Hall–Kier alpha value is -2.58. The number of hydrogen-bond donors (Lipinski definition) is 0. The van der Waals surface area contributed by atoms with Gasteiger partial charge in [-0.25, -0.2) is 8.42 Å². The first-order chi connectivity index (χ1) is 15.3. The molecule has 0 unspecified atom stereocenters. The highest BCUT2D eigenvalue weighted by molar-refractivity contribution is 7.89. The molecule has 0 aromatic heterocycles. The maximum atomic E-state index is 13.1. The van der Waals surface area contributed by atoms with E-state index in [4.69, 9.17) is 9.47 Å². The van der Waals surface area contributed by atoms with Crippen molar-refractivity contribution in [2.75, 3.05) is 33.9 Å². The third-order valence-electron chi connectivity index (χ3n) is 5.69. The summed E-state index contributed by atoms with van der Waals surface area (Å²) in [7, 11) is -0.366. The number of nitrogens with zero attached hydrogens (tertiary/aromatic N) is 2. The molecule has 0 bridgehead atoms. The number of ether oxygens (including phenoxy) is 2. The minimum absolute atomic E-state index is 0.117. The predicted octanol–water partition coefficient (Wildman–Crippen LogP) is 3.71. The van der Waals surface area contributed by atoms with Crippen LogP contribution in [0.3, 0.4) is 0 Å². The van der Waals surface area contributed by atoms with Crippen molar-refractivity contribution in [2.24, 2.45) is 0 Å². The second-order valence-electron chi connectivity index (χ2n) is 7.88. The van der Waals surface area contributed by atoms with E-state index in [0.717, 1.165) is 30.4 Å². The molecule has 2 aromatic rings. The fraction of sp³-hybridized carbons (Fsp3) is 0.458. The van der Waals surface area contributed by atoms with Crippen LogP contribution < -0.4 is 9.47 Å². The van der Waals surface area contributed by atoms with Crippen LogP contribution >= 0.6 is 0 Å². The van der Waals surface area contributed by atoms with Gasteiger partial charge in [-0.3, -0.25) is 4.79 Å². The molecule has 32 heavy (non-hydrogen) atoms. The van der Waals surface area contributed by atoms with E-state index >= 15 is 0 Å². The van der Waals surface area contributed by atoms with Crippen molar-refractivity contribution in [2.45, 2.75) is 44.6 Å². The van der Waals surface area contributed by atoms with Gasteiger partial charge in [-0.05, 0) is 66.8 Å². The third kappa shape index (κ3) is 4.91. The normalized spacial score (nSPS) is 13.7. The molecule has 0 aliphatic carbocycles. The Kier molecular flexibility index (Phi) is 7.79. The summed E-state index contributed by atoms with van der Waals surface area (Å²) in [6.07, 6.45) is 2.22. The first-order valence-corrected chi connectivity index (χ1v) is 12.4. The van der Waals surface area contributed by atoms with Crippen molar-refractivity contribution < 1.29 is 22.7 Å². The van der Waals surface area contributed by atoms with Crippen molar-refractivity contribution in [3.05, 3.63) is 53.1 Å². The Bertz CT molecular complexity index is 1040. The molecule has 1 heterocycles. The number of sulfonamides is 1. The summed E-state index contributed by atoms with van der Waals surface area (Å²) in [6, 6.07) is 10.2. The van der Waals surface area contributed by atoms with E-state index < -0.39 is 10.0 Å². The molecule has 0 radical (unpaired) electrons. The average Bonchev–Trinajstić information content (AvgIpc) is 2.82. The first-order valence-electron chi connectivity index (χ1n) is 11.0. The van der Waals surface area contributed by atoms with Crippen molar-refractivity contribution in [3.63, 3.8) is 0 Å². The van der Waals surface area contributed by atoms with Gasteiger partial charge < -0.3 is 14.4 Å². The maximum absolute atomic E-state index is 13.1. The molecular weight excluding hydrogens is 428 g/mol. The lowest BCUT2D eigenvalue weighted by Crippen LogP contribution is -2.36. The van der Waals surface area contributed by atoms with Crippen molar-refractivity contribution in [1.29, 1.82) is 0 Å². The van der Waals surface area contributed by atoms with E-state index in [1.165, 1.54) is 16.4 Å². The molecule has 0 N–H and O–H groups in total. The molecule has 2 aromatic carbocycles. The second-order valence-corrected chi connectivity index (χ2v) is 9.82. The van der Waals surface area contributed by atoms with Crippen LogP contribution in [0.4, 0.5) is 0 Å². The van der Waals surface area contributed by atoms with Gasteiger partial charge in [0.25, 0.3) is 5.91 Å². The second kappa shape index (κ2) is 10.4. The molecule has 174 valence electrons. The number of carbonyl (C=O) groups excluding carboxylic acids is 1. The smallest absolute Gasteiger partial charge is 0.254 e. The molecule has 0 fully saturated rings. The molecular formula is C24H32N2O5S. The third-order valence-corrected chi connectivity index (χ3v) is 7.60. The highest BCUT2D eigenvalue weighted by atomic mass is 32.2.